The highest BCUT2D eigenvalue weighted by atomic mass is 28.3. The van der Waals surface area contributed by atoms with Crippen molar-refractivity contribution in [2.75, 3.05) is 20.3 Å². The molecule has 3 heterocycles. The second kappa shape index (κ2) is 9.55. The highest BCUT2D eigenvalue weighted by Crippen LogP contribution is 2.32. The first-order chi connectivity index (χ1) is 16.9. The van der Waals surface area contributed by atoms with E-state index in [1.54, 1.807) is 25.1 Å². The monoisotopic (exact) mass is 512 g/mol. The third-order valence-corrected chi connectivity index (χ3v) is 8.25. The lowest BCUT2D eigenvalue weighted by Crippen LogP contribution is -2.53. The topological polar surface area (TPSA) is 119 Å². The van der Waals surface area contributed by atoms with Crippen molar-refractivity contribution in [3.8, 4) is 5.75 Å². The molecular formula is C25H32N4O6Si. The maximum atomic E-state index is 13.2. The largest absolute Gasteiger partial charge is 0.497 e. The zero-order valence-electron chi connectivity index (χ0n) is 21.3. The van der Waals surface area contributed by atoms with Crippen LogP contribution in [0.1, 0.15) is 27.0 Å². The highest BCUT2D eigenvalue weighted by Gasteiger charge is 2.51. The lowest BCUT2D eigenvalue weighted by atomic mass is 9.89. The number of aromatic nitrogens is 1. The number of methoxy groups -OCH3 is 1. The van der Waals surface area contributed by atoms with Gasteiger partial charge in [-0.1, -0.05) is 25.7 Å². The van der Waals surface area contributed by atoms with E-state index in [1.165, 1.54) is 22.8 Å². The van der Waals surface area contributed by atoms with Crippen LogP contribution >= 0.6 is 0 Å². The van der Waals surface area contributed by atoms with E-state index >= 15 is 0 Å². The van der Waals surface area contributed by atoms with Crippen molar-refractivity contribution in [2.45, 2.75) is 51.4 Å². The Labute approximate surface area is 210 Å². The quantitative estimate of drug-likeness (QED) is 0.302. The molecule has 4 rings (SSSR count). The van der Waals surface area contributed by atoms with Crippen molar-refractivity contribution in [3.05, 3.63) is 63.1 Å². The van der Waals surface area contributed by atoms with Crippen LogP contribution in [-0.2, 0) is 28.3 Å². The highest BCUT2D eigenvalue weighted by molar-refractivity contribution is 6.76. The zero-order chi connectivity index (χ0) is 26.3. The number of fused-ring (bicyclic) bond motifs is 1. The summed E-state index contributed by atoms with van der Waals surface area (Å²) < 4.78 is 12.4. The van der Waals surface area contributed by atoms with E-state index in [0.717, 1.165) is 11.6 Å². The summed E-state index contributed by atoms with van der Waals surface area (Å²) in [5, 5.41) is 5.02. The number of ether oxygens (including phenoxy) is 2. The van der Waals surface area contributed by atoms with Gasteiger partial charge in [0.2, 0.25) is 0 Å². The van der Waals surface area contributed by atoms with Gasteiger partial charge in [0.25, 0.3) is 17.4 Å². The third kappa shape index (κ3) is 4.93. The van der Waals surface area contributed by atoms with E-state index in [-0.39, 0.29) is 31.3 Å². The summed E-state index contributed by atoms with van der Waals surface area (Å²) in [4.78, 5) is 53.0. The van der Waals surface area contributed by atoms with Gasteiger partial charge >= 0.3 is 6.03 Å². The smallest absolute Gasteiger partial charge is 0.322 e. The first-order valence-electron chi connectivity index (χ1n) is 11.8. The summed E-state index contributed by atoms with van der Waals surface area (Å²) >= 11 is 0. The van der Waals surface area contributed by atoms with Gasteiger partial charge in [-0.25, -0.2) is 4.79 Å². The average Bonchev–Trinajstić information content (AvgIpc) is 3.28. The van der Waals surface area contributed by atoms with Crippen LogP contribution in [0.4, 0.5) is 4.79 Å². The molecule has 1 saturated heterocycles. The summed E-state index contributed by atoms with van der Waals surface area (Å²) in [7, 11) is 0.227. The van der Waals surface area contributed by atoms with Crippen molar-refractivity contribution >= 4 is 25.9 Å². The lowest BCUT2D eigenvalue weighted by Gasteiger charge is -2.31. The Morgan fingerprint density at radius 2 is 1.86 bits per heavy atom. The summed E-state index contributed by atoms with van der Waals surface area (Å²) in [5.74, 6) is -0.294. The molecule has 2 aliphatic rings. The Balaban J connectivity index is 1.65. The maximum Gasteiger partial charge on any atom is 0.322 e. The number of amides is 4. The van der Waals surface area contributed by atoms with E-state index in [2.05, 4.69) is 30.3 Å². The fourth-order valence-corrected chi connectivity index (χ4v) is 5.19. The predicted molar refractivity (Wildman–Crippen MR) is 136 cm³/mol. The standard InChI is InChI=1S/C25H32N4O6Si/c1-16-10-18(13-29(21(16)30)15-35-8-9-36(3,4)5)25(23(32)26-24(33)27-25)14-28-12-17-6-7-19(34-2)11-20(17)22(28)31/h6-7,10-11,13H,8-9,12,14-15H2,1-5H3,(H2,26,27,32,33)/t25-/m0/s1. The molecule has 11 heteroatoms. The van der Waals surface area contributed by atoms with Crippen molar-refractivity contribution in [1.29, 1.82) is 0 Å². The van der Waals surface area contributed by atoms with Crippen molar-refractivity contribution in [1.82, 2.24) is 20.1 Å². The van der Waals surface area contributed by atoms with Crippen LogP contribution in [0.15, 0.2) is 35.3 Å². The Morgan fingerprint density at radius 1 is 1.11 bits per heavy atom. The van der Waals surface area contributed by atoms with Gasteiger partial charge in [-0.3, -0.25) is 24.3 Å². The number of rotatable bonds is 9. The second-order valence-electron chi connectivity index (χ2n) is 10.5. The number of imide groups is 1. The molecule has 2 aromatic rings. The first kappa shape index (κ1) is 25.6. The summed E-state index contributed by atoms with van der Waals surface area (Å²) in [5.41, 5.74) is 0.290. The average molecular weight is 513 g/mol. The molecule has 0 radical (unpaired) electrons. The minimum atomic E-state index is -1.56. The van der Waals surface area contributed by atoms with Crippen LogP contribution in [0.3, 0.4) is 0 Å². The number of hydrogen-bond acceptors (Lipinski definition) is 6. The molecule has 0 spiro atoms. The van der Waals surface area contributed by atoms with Gasteiger partial charge in [0.1, 0.15) is 12.5 Å². The Hall–Kier alpha value is -3.44. The molecule has 2 N–H and O–H groups in total. The normalized spacial score (nSPS) is 19.4. The maximum absolute atomic E-state index is 13.2. The molecule has 0 unspecified atom stereocenters. The molecule has 36 heavy (non-hydrogen) atoms. The molecule has 2 aliphatic heterocycles. The molecular weight excluding hydrogens is 480 g/mol. The SMILES string of the molecule is COc1ccc2c(c1)C(=O)N(C[C@@]1(c3cc(C)c(=O)n(COCC[Si](C)(C)C)c3)NC(=O)NC1=O)C2. The number of pyridine rings is 1. The molecule has 10 nitrogen and oxygen atoms in total. The molecule has 1 aromatic heterocycles. The van der Waals surface area contributed by atoms with Gasteiger partial charge in [-0.15, -0.1) is 0 Å². The van der Waals surface area contributed by atoms with Gasteiger partial charge in [-0.05, 0) is 36.7 Å². The zero-order valence-corrected chi connectivity index (χ0v) is 22.3. The second-order valence-corrected chi connectivity index (χ2v) is 16.2. The van der Waals surface area contributed by atoms with Crippen LogP contribution in [-0.4, -0.2) is 55.6 Å². The van der Waals surface area contributed by atoms with Gasteiger partial charge in [0, 0.05) is 44.1 Å². The Bertz CT molecular complexity index is 1280. The number of nitrogens with zero attached hydrogens (tertiary/aromatic N) is 2. The predicted octanol–water partition coefficient (Wildman–Crippen LogP) is 2.17. The van der Waals surface area contributed by atoms with Crippen molar-refractivity contribution in [3.63, 3.8) is 0 Å². The first-order valence-corrected chi connectivity index (χ1v) is 15.5. The van der Waals surface area contributed by atoms with E-state index < -0.39 is 25.6 Å². The van der Waals surface area contributed by atoms with Crippen LogP contribution in [0.5, 0.6) is 5.75 Å². The fraction of sp³-hybridized carbons (Fsp3) is 0.440. The van der Waals surface area contributed by atoms with Crippen LogP contribution in [0.25, 0.3) is 0 Å². The molecule has 192 valence electrons. The summed E-state index contributed by atoms with van der Waals surface area (Å²) in [6, 6.07) is 7.13. The molecule has 1 atom stereocenters. The van der Waals surface area contributed by atoms with Crippen LogP contribution < -0.4 is 20.9 Å². The van der Waals surface area contributed by atoms with Gasteiger partial charge in [0.15, 0.2) is 5.54 Å². The summed E-state index contributed by atoms with van der Waals surface area (Å²) in [6.07, 6.45) is 1.53. The Morgan fingerprint density at radius 3 is 2.50 bits per heavy atom. The number of aryl methyl sites for hydroxylation is 1. The molecule has 4 amide bonds. The van der Waals surface area contributed by atoms with Crippen LogP contribution in [0.2, 0.25) is 25.7 Å². The van der Waals surface area contributed by atoms with Gasteiger partial charge in [0.05, 0.1) is 13.7 Å². The minimum absolute atomic E-state index is 0.0253. The van der Waals surface area contributed by atoms with Gasteiger partial charge < -0.3 is 19.7 Å². The number of carbonyl (C=O) groups is 3. The van der Waals surface area contributed by atoms with Crippen molar-refractivity contribution < 1.29 is 23.9 Å². The molecule has 1 fully saturated rings. The number of carbonyl (C=O) groups excluding carboxylic acids is 3. The van der Waals surface area contributed by atoms with Gasteiger partial charge in [-0.2, -0.15) is 0 Å². The molecule has 0 aliphatic carbocycles. The van der Waals surface area contributed by atoms with Crippen LogP contribution in [0, 0.1) is 6.92 Å². The number of nitrogens with one attached hydrogen (secondary N) is 2. The van der Waals surface area contributed by atoms with E-state index in [9.17, 15) is 19.2 Å². The van der Waals surface area contributed by atoms with E-state index in [4.69, 9.17) is 9.47 Å². The lowest BCUT2D eigenvalue weighted by molar-refractivity contribution is -0.124. The van der Waals surface area contributed by atoms with E-state index in [0.29, 0.717) is 29.0 Å². The van der Waals surface area contributed by atoms with Crippen molar-refractivity contribution in [2.24, 2.45) is 0 Å². The number of benzene rings is 1. The number of urea groups is 1. The third-order valence-electron chi connectivity index (χ3n) is 6.55. The number of hydrogen-bond donors (Lipinski definition) is 2. The van der Waals surface area contributed by atoms with E-state index in [1.807, 2.05) is 6.07 Å². The molecule has 0 bridgehead atoms. The summed E-state index contributed by atoms with van der Waals surface area (Å²) in [6.45, 7) is 9.10. The molecule has 1 aromatic carbocycles. The Kier molecular flexibility index (Phi) is 6.80. The molecule has 0 saturated carbocycles. The fourth-order valence-electron chi connectivity index (χ4n) is 4.43. The minimum Gasteiger partial charge on any atom is -0.497 e.